The van der Waals surface area contributed by atoms with Gasteiger partial charge in [-0.2, -0.15) is 4.80 Å². The lowest BCUT2D eigenvalue weighted by atomic mass is 10.0. The molecule has 0 atom stereocenters. The summed E-state index contributed by atoms with van der Waals surface area (Å²) < 4.78 is 0. The Bertz CT molecular complexity index is 604. The molecule has 1 aliphatic rings. The average molecular weight is 307 g/mol. The highest BCUT2D eigenvalue weighted by Crippen LogP contribution is 2.28. The second-order valence-electron chi connectivity index (χ2n) is 5.33. The van der Waals surface area contributed by atoms with Crippen LogP contribution in [0.1, 0.15) is 25.7 Å². The summed E-state index contributed by atoms with van der Waals surface area (Å²) in [7, 11) is 0. The minimum Gasteiger partial charge on any atom is -0.388 e. The maximum Gasteiger partial charge on any atom is 0.243 e. The van der Waals surface area contributed by atoms with Crippen LogP contribution in [0.3, 0.4) is 0 Å². The zero-order valence-corrected chi connectivity index (χ0v) is 12.3. The van der Waals surface area contributed by atoms with Crippen molar-refractivity contribution < 1.29 is 9.90 Å². The third-order valence-corrected chi connectivity index (χ3v) is 4.49. The van der Waals surface area contributed by atoms with Crippen molar-refractivity contribution in [1.29, 1.82) is 0 Å². The monoisotopic (exact) mass is 307 g/mol. The number of aliphatic hydroxyl groups is 1. The first-order valence-electron chi connectivity index (χ1n) is 6.95. The van der Waals surface area contributed by atoms with Gasteiger partial charge in [0.25, 0.3) is 0 Å². The number of hydrogen-bond donors (Lipinski definition) is 2. The molecule has 2 heterocycles. The lowest BCUT2D eigenvalue weighted by molar-refractivity contribution is -0.123. The van der Waals surface area contributed by atoms with Gasteiger partial charge in [0, 0.05) is 6.54 Å². The first kappa shape index (κ1) is 14.2. The van der Waals surface area contributed by atoms with Crippen LogP contribution in [0.2, 0.25) is 0 Å². The fraction of sp³-hybridized carbons (Fsp3) is 0.538. The Hall–Kier alpha value is -1.80. The molecule has 1 aliphatic carbocycles. The van der Waals surface area contributed by atoms with Gasteiger partial charge in [0.05, 0.1) is 10.5 Å². The topological polar surface area (TPSA) is 92.9 Å². The average Bonchev–Trinajstić information content (AvgIpc) is 3.17. The van der Waals surface area contributed by atoms with Gasteiger partial charge < -0.3 is 10.4 Å². The van der Waals surface area contributed by atoms with Gasteiger partial charge in [-0.15, -0.1) is 21.5 Å². The quantitative estimate of drug-likeness (QED) is 0.853. The van der Waals surface area contributed by atoms with Crippen LogP contribution in [0, 0.1) is 0 Å². The number of thiophene rings is 1. The fourth-order valence-electron chi connectivity index (χ4n) is 2.47. The predicted octanol–water partition coefficient (Wildman–Crippen LogP) is 0.823. The number of nitrogens with zero attached hydrogens (tertiary/aromatic N) is 4. The number of carbonyl (C=O) groups excluding carboxylic acids is 1. The maximum atomic E-state index is 11.9. The Morgan fingerprint density at radius 2 is 2.29 bits per heavy atom. The summed E-state index contributed by atoms with van der Waals surface area (Å²) in [5, 5.41) is 26.8. The van der Waals surface area contributed by atoms with Gasteiger partial charge >= 0.3 is 0 Å². The van der Waals surface area contributed by atoms with Gasteiger partial charge in [-0.1, -0.05) is 18.9 Å². The van der Waals surface area contributed by atoms with Crippen LogP contribution in [0.5, 0.6) is 0 Å². The first-order chi connectivity index (χ1) is 10.1. The number of aromatic nitrogens is 4. The van der Waals surface area contributed by atoms with Crippen molar-refractivity contribution in [2.24, 2.45) is 0 Å². The molecule has 0 aromatic carbocycles. The molecule has 8 heteroatoms. The van der Waals surface area contributed by atoms with Crippen molar-refractivity contribution in [3.05, 3.63) is 17.5 Å². The van der Waals surface area contributed by atoms with E-state index in [1.54, 1.807) is 0 Å². The van der Waals surface area contributed by atoms with E-state index in [0.29, 0.717) is 5.82 Å². The van der Waals surface area contributed by atoms with E-state index in [2.05, 4.69) is 20.7 Å². The van der Waals surface area contributed by atoms with E-state index in [1.807, 2.05) is 17.5 Å². The molecule has 0 aliphatic heterocycles. The van der Waals surface area contributed by atoms with Crippen LogP contribution in [-0.4, -0.2) is 43.4 Å². The summed E-state index contributed by atoms with van der Waals surface area (Å²) in [4.78, 5) is 14.0. The van der Waals surface area contributed by atoms with Crippen LogP contribution in [0.15, 0.2) is 17.5 Å². The van der Waals surface area contributed by atoms with Crippen LogP contribution in [0.25, 0.3) is 10.7 Å². The van der Waals surface area contributed by atoms with Crippen LogP contribution < -0.4 is 5.32 Å². The highest BCUT2D eigenvalue weighted by Gasteiger charge is 2.31. The molecular formula is C13H17N5O2S. The van der Waals surface area contributed by atoms with Crippen LogP contribution in [0.4, 0.5) is 0 Å². The maximum absolute atomic E-state index is 11.9. The molecule has 0 radical (unpaired) electrons. The molecular weight excluding hydrogens is 290 g/mol. The van der Waals surface area contributed by atoms with E-state index in [4.69, 9.17) is 0 Å². The highest BCUT2D eigenvalue weighted by molar-refractivity contribution is 7.13. The predicted molar refractivity (Wildman–Crippen MR) is 77.6 cm³/mol. The molecule has 0 bridgehead atoms. The number of amides is 1. The number of rotatable bonds is 5. The molecule has 1 amide bonds. The number of carbonyl (C=O) groups is 1. The molecule has 1 fully saturated rings. The number of nitrogens with one attached hydrogen (secondary N) is 1. The normalized spacial score (nSPS) is 17.0. The minimum atomic E-state index is -0.742. The van der Waals surface area contributed by atoms with E-state index in [-0.39, 0.29) is 19.0 Å². The van der Waals surface area contributed by atoms with Crippen molar-refractivity contribution in [2.75, 3.05) is 6.54 Å². The summed E-state index contributed by atoms with van der Waals surface area (Å²) in [6.07, 6.45) is 3.52. The van der Waals surface area contributed by atoms with Gasteiger partial charge in [0.1, 0.15) is 6.54 Å². The molecule has 7 nitrogen and oxygen atoms in total. The third-order valence-electron chi connectivity index (χ3n) is 3.63. The highest BCUT2D eigenvalue weighted by atomic mass is 32.1. The Labute approximate surface area is 126 Å². The Balaban J connectivity index is 1.53. The van der Waals surface area contributed by atoms with E-state index < -0.39 is 5.60 Å². The molecule has 2 aromatic heterocycles. The molecule has 0 unspecified atom stereocenters. The van der Waals surface area contributed by atoms with Crippen molar-refractivity contribution >= 4 is 17.2 Å². The van der Waals surface area contributed by atoms with Crippen molar-refractivity contribution in [1.82, 2.24) is 25.5 Å². The second kappa shape index (κ2) is 5.90. The summed E-state index contributed by atoms with van der Waals surface area (Å²) in [6.45, 7) is 0.298. The molecule has 21 heavy (non-hydrogen) atoms. The molecule has 112 valence electrons. The standard InChI is InChI=1S/C13H17N5O2S/c19-11(14-9-13(20)5-1-2-6-13)8-18-16-12(15-17-18)10-4-3-7-21-10/h3-4,7,20H,1-2,5-6,8-9H2,(H,14,19). The van der Waals surface area contributed by atoms with E-state index in [1.165, 1.54) is 16.1 Å². The zero-order chi connectivity index (χ0) is 14.7. The first-order valence-corrected chi connectivity index (χ1v) is 7.83. The van der Waals surface area contributed by atoms with Crippen molar-refractivity contribution in [2.45, 2.75) is 37.8 Å². The summed E-state index contributed by atoms with van der Waals surface area (Å²) >= 11 is 1.52. The van der Waals surface area contributed by atoms with Crippen LogP contribution in [-0.2, 0) is 11.3 Å². The van der Waals surface area contributed by atoms with Crippen molar-refractivity contribution in [3.8, 4) is 10.7 Å². The SMILES string of the molecule is O=C(Cn1nnc(-c2cccs2)n1)NCC1(O)CCCC1. The van der Waals surface area contributed by atoms with Crippen molar-refractivity contribution in [3.63, 3.8) is 0 Å². The number of hydrogen-bond acceptors (Lipinski definition) is 6. The largest absolute Gasteiger partial charge is 0.388 e. The Morgan fingerprint density at radius 3 is 3.00 bits per heavy atom. The second-order valence-corrected chi connectivity index (χ2v) is 6.28. The van der Waals surface area contributed by atoms with Gasteiger partial charge in [0.15, 0.2) is 0 Å². The fourth-order valence-corrected chi connectivity index (χ4v) is 3.12. The molecule has 2 aromatic rings. The zero-order valence-electron chi connectivity index (χ0n) is 11.5. The summed E-state index contributed by atoms with van der Waals surface area (Å²) in [5.74, 6) is 0.303. The van der Waals surface area contributed by atoms with Crippen LogP contribution >= 0.6 is 11.3 Å². The molecule has 1 saturated carbocycles. The van der Waals surface area contributed by atoms with Gasteiger partial charge in [-0.25, -0.2) is 0 Å². The molecule has 0 saturated heterocycles. The van der Waals surface area contributed by atoms with E-state index in [9.17, 15) is 9.90 Å². The Kier molecular flexibility index (Phi) is 3.98. The van der Waals surface area contributed by atoms with Gasteiger partial charge in [0.2, 0.25) is 11.7 Å². The Morgan fingerprint density at radius 1 is 1.48 bits per heavy atom. The van der Waals surface area contributed by atoms with Gasteiger partial charge in [-0.05, 0) is 29.5 Å². The molecule has 2 N–H and O–H groups in total. The summed E-state index contributed by atoms with van der Waals surface area (Å²) in [5.41, 5.74) is -0.742. The summed E-state index contributed by atoms with van der Waals surface area (Å²) in [6, 6.07) is 3.82. The lowest BCUT2D eigenvalue weighted by Crippen LogP contribution is -2.42. The lowest BCUT2D eigenvalue weighted by Gasteiger charge is -2.22. The van der Waals surface area contributed by atoms with Gasteiger partial charge in [-0.3, -0.25) is 4.79 Å². The van der Waals surface area contributed by atoms with E-state index in [0.717, 1.165) is 30.6 Å². The molecule has 0 spiro atoms. The van der Waals surface area contributed by atoms with E-state index >= 15 is 0 Å². The number of tetrazole rings is 1. The third kappa shape index (κ3) is 3.45. The smallest absolute Gasteiger partial charge is 0.243 e. The molecule has 3 rings (SSSR count). The minimum absolute atomic E-state index is 0.00839.